The number of hydrogen-bond acceptors (Lipinski definition) is 4. The minimum atomic E-state index is -1.31. The summed E-state index contributed by atoms with van der Waals surface area (Å²) in [7, 11) is 0. The number of H-pyrrole nitrogens is 1. The van der Waals surface area contributed by atoms with Gasteiger partial charge in [0.2, 0.25) is 0 Å². The van der Waals surface area contributed by atoms with E-state index in [1.165, 1.54) is 0 Å². The van der Waals surface area contributed by atoms with Crippen molar-refractivity contribution in [1.82, 2.24) is 10.2 Å². The molecule has 2 aliphatic carbocycles. The Morgan fingerprint density at radius 3 is 2.93 bits per heavy atom. The maximum Gasteiger partial charge on any atom is 1.00 e. The number of aromatic carboxylic acids is 1. The molecule has 0 bridgehead atoms. The normalized spacial score (nSPS) is 26.4. The van der Waals surface area contributed by atoms with Crippen LogP contribution in [-0.2, 0) is 11.2 Å². The fourth-order valence-electron chi connectivity index (χ4n) is 2.11. The van der Waals surface area contributed by atoms with Gasteiger partial charge in [-0.05, 0) is 0 Å². The Hall–Kier alpha value is -0.650. The first-order valence-electron chi connectivity index (χ1n) is 4.02. The molecule has 0 amide bonds. The maximum atomic E-state index is 11.1. The number of carbonyl (C=O) groups is 2. The zero-order chi connectivity index (χ0) is 9.16. The Kier molecular flexibility index (Phi) is 2.06. The van der Waals surface area contributed by atoms with Crippen molar-refractivity contribution in [3.63, 3.8) is 0 Å². The Balaban J connectivity index is 0.000000750. The van der Waals surface area contributed by atoms with Crippen molar-refractivity contribution in [2.75, 3.05) is 0 Å². The zero-order valence-electron chi connectivity index (χ0n) is 7.53. The summed E-state index contributed by atoms with van der Waals surface area (Å²) in [5.41, 5.74) is 1.26. The van der Waals surface area contributed by atoms with Crippen molar-refractivity contribution in [3.05, 3.63) is 17.0 Å². The van der Waals surface area contributed by atoms with E-state index in [0.29, 0.717) is 12.0 Å². The minimum Gasteiger partial charge on any atom is -0.543 e. The number of carboxylic acids is 1. The monoisotopic (exact) mass is 200 g/mol. The van der Waals surface area contributed by atoms with Crippen LogP contribution in [0.2, 0.25) is 0 Å². The molecule has 5 nitrogen and oxygen atoms in total. The van der Waals surface area contributed by atoms with Gasteiger partial charge in [-0.25, -0.2) is 0 Å². The van der Waals surface area contributed by atoms with Crippen LogP contribution >= 0.6 is 0 Å². The van der Waals surface area contributed by atoms with Gasteiger partial charge in [0, 0.05) is 23.6 Å². The minimum absolute atomic E-state index is 0. The average molecular weight is 200 g/mol. The topological polar surface area (TPSA) is 85.9 Å². The first-order valence-corrected chi connectivity index (χ1v) is 4.02. The van der Waals surface area contributed by atoms with Crippen LogP contribution in [0.1, 0.15) is 27.7 Å². The SMILES string of the molecule is O=C([O-])c1n[nH]c2c1C1C(=O)C1C2.[Na+]. The van der Waals surface area contributed by atoms with Crippen LogP contribution < -0.4 is 34.7 Å². The van der Waals surface area contributed by atoms with E-state index >= 15 is 0 Å². The van der Waals surface area contributed by atoms with Gasteiger partial charge in [0.1, 0.15) is 11.5 Å². The number of hydrogen-bond donors (Lipinski definition) is 1. The molecule has 1 aromatic rings. The number of fused-ring (bicyclic) bond motifs is 3. The Bertz CT molecular complexity index is 440. The summed E-state index contributed by atoms with van der Waals surface area (Å²) >= 11 is 0. The Morgan fingerprint density at radius 2 is 2.29 bits per heavy atom. The molecule has 66 valence electrons. The van der Waals surface area contributed by atoms with E-state index in [4.69, 9.17) is 0 Å². The van der Waals surface area contributed by atoms with E-state index in [-0.39, 0.29) is 52.9 Å². The first kappa shape index (κ1) is 9.89. The average Bonchev–Trinajstić information content (AvgIpc) is 2.50. The van der Waals surface area contributed by atoms with E-state index in [0.717, 1.165) is 5.69 Å². The van der Waals surface area contributed by atoms with Crippen molar-refractivity contribution in [1.29, 1.82) is 0 Å². The smallest absolute Gasteiger partial charge is 0.543 e. The van der Waals surface area contributed by atoms with Crippen LogP contribution in [0.4, 0.5) is 0 Å². The largest absolute Gasteiger partial charge is 1.00 e. The molecule has 0 saturated heterocycles. The summed E-state index contributed by atoms with van der Waals surface area (Å²) in [6, 6.07) is 0. The third kappa shape index (κ3) is 1.03. The molecule has 0 radical (unpaired) electrons. The summed E-state index contributed by atoms with van der Waals surface area (Å²) in [4.78, 5) is 21.7. The van der Waals surface area contributed by atoms with Crippen molar-refractivity contribution in [2.45, 2.75) is 12.3 Å². The van der Waals surface area contributed by atoms with Crippen molar-refractivity contribution in [2.24, 2.45) is 5.92 Å². The number of Topliss-reactive ketones (excluding diaryl/α,β-unsaturated/α-hetero) is 1. The third-order valence-corrected chi connectivity index (χ3v) is 2.78. The summed E-state index contributed by atoms with van der Waals surface area (Å²) in [5, 5.41) is 16.8. The van der Waals surface area contributed by atoms with Crippen LogP contribution in [-0.4, -0.2) is 21.9 Å². The van der Waals surface area contributed by atoms with E-state index in [2.05, 4.69) is 10.2 Å². The molecule has 0 spiro atoms. The van der Waals surface area contributed by atoms with Crippen LogP contribution in [0.5, 0.6) is 0 Å². The second-order valence-corrected chi connectivity index (χ2v) is 3.44. The fourth-order valence-corrected chi connectivity index (χ4v) is 2.11. The molecule has 6 heteroatoms. The summed E-state index contributed by atoms with van der Waals surface area (Å²) in [5.74, 6) is -1.36. The molecule has 14 heavy (non-hydrogen) atoms. The van der Waals surface area contributed by atoms with E-state index in [1.54, 1.807) is 0 Å². The molecule has 2 unspecified atom stereocenters. The summed E-state index contributed by atoms with van der Waals surface area (Å²) < 4.78 is 0. The van der Waals surface area contributed by atoms with Crippen LogP contribution in [0.3, 0.4) is 0 Å². The fraction of sp³-hybridized carbons (Fsp3) is 0.375. The van der Waals surface area contributed by atoms with Gasteiger partial charge in [0.15, 0.2) is 0 Å². The quantitative estimate of drug-likeness (QED) is 0.464. The van der Waals surface area contributed by atoms with Gasteiger partial charge in [0.25, 0.3) is 0 Å². The molecule has 2 aliphatic rings. The van der Waals surface area contributed by atoms with Crippen molar-refractivity contribution < 1.29 is 44.3 Å². The number of carboxylic acid groups (broad SMARTS) is 1. The standard InChI is InChI=1S/C8H6N2O3.Na/c11-7-2-1-3-5(4(2)7)6(8(12)13)10-9-3;/h2,4H,1H2,(H,9,10)(H,12,13);/q;+1/p-1. The second-order valence-electron chi connectivity index (χ2n) is 3.44. The predicted octanol–water partition coefficient (Wildman–Crippen LogP) is -4.38. The number of ketones is 1. The van der Waals surface area contributed by atoms with Crippen LogP contribution in [0.15, 0.2) is 0 Å². The molecule has 1 N–H and O–H groups in total. The van der Waals surface area contributed by atoms with Gasteiger partial charge in [-0.2, -0.15) is 5.10 Å². The molecule has 1 heterocycles. The number of carbonyl (C=O) groups excluding carboxylic acids is 2. The van der Waals surface area contributed by atoms with E-state index in [9.17, 15) is 14.7 Å². The number of aromatic amines is 1. The van der Waals surface area contributed by atoms with Crippen LogP contribution in [0, 0.1) is 5.92 Å². The van der Waals surface area contributed by atoms with Gasteiger partial charge in [-0.1, -0.05) is 0 Å². The van der Waals surface area contributed by atoms with Gasteiger partial charge >= 0.3 is 29.6 Å². The van der Waals surface area contributed by atoms with Gasteiger partial charge in [-0.3, -0.25) is 9.89 Å². The Labute approximate surface area is 101 Å². The molecule has 0 aliphatic heterocycles. The summed E-state index contributed by atoms with van der Waals surface area (Å²) in [6.45, 7) is 0. The number of nitrogens with one attached hydrogen (secondary N) is 1. The van der Waals surface area contributed by atoms with Crippen molar-refractivity contribution in [3.8, 4) is 0 Å². The Morgan fingerprint density at radius 1 is 1.57 bits per heavy atom. The predicted molar refractivity (Wildman–Crippen MR) is 37.9 cm³/mol. The number of rotatable bonds is 1. The van der Waals surface area contributed by atoms with Gasteiger partial charge in [0.05, 0.1) is 11.9 Å². The van der Waals surface area contributed by atoms with Crippen molar-refractivity contribution >= 4 is 11.8 Å². The van der Waals surface area contributed by atoms with Gasteiger partial charge < -0.3 is 9.90 Å². The maximum absolute atomic E-state index is 11.1. The molecule has 1 aromatic heterocycles. The van der Waals surface area contributed by atoms with E-state index < -0.39 is 5.97 Å². The van der Waals surface area contributed by atoms with Crippen LogP contribution in [0.25, 0.3) is 0 Å². The number of aromatic nitrogens is 2. The zero-order valence-corrected chi connectivity index (χ0v) is 9.53. The molecule has 0 aromatic carbocycles. The molecule has 3 rings (SSSR count). The molecule has 1 fully saturated rings. The third-order valence-electron chi connectivity index (χ3n) is 2.78. The molecule has 1 saturated carbocycles. The summed E-state index contributed by atoms with van der Waals surface area (Å²) in [6.07, 6.45) is 0.610. The van der Waals surface area contributed by atoms with Gasteiger partial charge in [-0.15, -0.1) is 0 Å². The first-order chi connectivity index (χ1) is 6.20. The number of nitrogens with zero attached hydrogens (tertiary/aromatic N) is 1. The molecule has 2 atom stereocenters. The molecular weight excluding hydrogens is 195 g/mol. The second kappa shape index (κ2) is 2.92. The van der Waals surface area contributed by atoms with E-state index in [1.807, 2.05) is 0 Å². The molecular formula is C8H5N2NaO3.